The van der Waals surface area contributed by atoms with E-state index in [2.05, 4.69) is 16.4 Å². The highest BCUT2D eigenvalue weighted by molar-refractivity contribution is 8.15. The maximum absolute atomic E-state index is 13.4. The minimum Gasteiger partial charge on any atom is -0.361 e. The van der Waals surface area contributed by atoms with E-state index in [-0.39, 0.29) is 18.2 Å². The molecule has 1 saturated heterocycles. The van der Waals surface area contributed by atoms with Gasteiger partial charge in [0.05, 0.1) is 6.54 Å². The van der Waals surface area contributed by atoms with Gasteiger partial charge >= 0.3 is 0 Å². The molecule has 0 bridgehead atoms. The van der Waals surface area contributed by atoms with Crippen LogP contribution in [0.15, 0.2) is 96.1 Å². The lowest BCUT2D eigenvalue weighted by atomic mass is 10.1. The van der Waals surface area contributed by atoms with Gasteiger partial charge in [0.1, 0.15) is 5.25 Å². The number of H-pyrrole nitrogens is 1. The molecule has 0 aliphatic carbocycles. The van der Waals surface area contributed by atoms with Crippen molar-refractivity contribution < 1.29 is 9.59 Å². The van der Waals surface area contributed by atoms with E-state index in [0.717, 1.165) is 27.7 Å². The third kappa shape index (κ3) is 5.46. The number of thioether (sulfide) groups is 1. The van der Waals surface area contributed by atoms with Crippen molar-refractivity contribution in [1.82, 2.24) is 9.88 Å². The number of amides is 2. The average molecular weight is 483 g/mol. The molecule has 0 unspecified atom stereocenters. The number of hydrogen-bond acceptors (Lipinski definition) is 4. The van der Waals surface area contributed by atoms with Crippen molar-refractivity contribution in [3.8, 4) is 0 Å². The summed E-state index contributed by atoms with van der Waals surface area (Å²) in [6.07, 6.45) is 2.81. The molecular formula is C28H26N4O2S. The lowest BCUT2D eigenvalue weighted by Crippen LogP contribution is -2.35. The Morgan fingerprint density at radius 2 is 1.69 bits per heavy atom. The van der Waals surface area contributed by atoms with Gasteiger partial charge in [0.2, 0.25) is 11.8 Å². The van der Waals surface area contributed by atoms with Gasteiger partial charge < -0.3 is 10.3 Å². The Hall–Kier alpha value is -3.84. The molecule has 35 heavy (non-hydrogen) atoms. The molecule has 2 N–H and O–H groups in total. The van der Waals surface area contributed by atoms with E-state index in [9.17, 15) is 9.59 Å². The molecule has 1 aromatic heterocycles. The summed E-state index contributed by atoms with van der Waals surface area (Å²) < 4.78 is 0. The number of anilines is 1. The molecule has 4 aromatic rings. The molecule has 2 heterocycles. The molecule has 7 heteroatoms. The quantitative estimate of drug-likeness (QED) is 0.361. The van der Waals surface area contributed by atoms with Crippen molar-refractivity contribution in [2.75, 3.05) is 11.9 Å². The average Bonchev–Trinajstić information content (AvgIpc) is 3.43. The molecule has 3 aromatic carbocycles. The van der Waals surface area contributed by atoms with E-state index in [4.69, 9.17) is 4.99 Å². The molecule has 0 saturated carbocycles. The summed E-state index contributed by atoms with van der Waals surface area (Å²) in [7, 11) is 0. The molecule has 1 fully saturated rings. The number of nitrogens with zero attached hydrogens (tertiary/aromatic N) is 2. The van der Waals surface area contributed by atoms with Crippen molar-refractivity contribution >= 4 is 45.3 Å². The van der Waals surface area contributed by atoms with E-state index < -0.39 is 5.25 Å². The highest BCUT2D eigenvalue weighted by Crippen LogP contribution is 2.31. The summed E-state index contributed by atoms with van der Waals surface area (Å²) in [5, 5.41) is 4.23. The zero-order valence-corrected chi connectivity index (χ0v) is 20.0. The minimum atomic E-state index is -0.490. The Balaban J connectivity index is 1.31. The normalized spacial score (nSPS) is 16.8. The van der Waals surface area contributed by atoms with Gasteiger partial charge in [-0.25, -0.2) is 0 Å². The topological polar surface area (TPSA) is 77.6 Å². The fraction of sp³-hybridized carbons (Fsp3) is 0.179. The summed E-state index contributed by atoms with van der Waals surface area (Å²) in [5.41, 5.74) is 4.04. The first-order chi connectivity index (χ1) is 17.2. The number of rotatable bonds is 8. The Bertz CT molecular complexity index is 1350. The number of aliphatic imine (C=N–C) groups is 1. The lowest BCUT2D eigenvalue weighted by Gasteiger charge is -2.16. The van der Waals surface area contributed by atoms with Crippen LogP contribution in [0.2, 0.25) is 0 Å². The largest absolute Gasteiger partial charge is 0.361 e. The Morgan fingerprint density at radius 3 is 2.49 bits per heavy atom. The van der Waals surface area contributed by atoms with Crippen molar-refractivity contribution in [3.63, 3.8) is 0 Å². The molecule has 1 atom stereocenters. The Morgan fingerprint density at radius 1 is 0.971 bits per heavy atom. The van der Waals surface area contributed by atoms with Gasteiger partial charge in [-0.3, -0.25) is 19.5 Å². The van der Waals surface area contributed by atoms with Crippen LogP contribution in [0.4, 0.5) is 5.69 Å². The maximum Gasteiger partial charge on any atom is 0.242 e. The summed E-state index contributed by atoms with van der Waals surface area (Å²) in [6.45, 7) is 1.00. The van der Waals surface area contributed by atoms with Crippen LogP contribution >= 0.6 is 11.8 Å². The molecule has 0 radical (unpaired) electrons. The van der Waals surface area contributed by atoms with Crippen LogP contribution < -0.4 is 5.32 Å². The SMILES string of the molecule is O=C(C[C@@H]1SC(=NCc2ccccc2)N(CCc2c[nH]c3ccccc23)C1=O)Nc1ccccc1. The maximum atomic E-state index is 13.4. The molecular weight excluding hydrogens is 456 g/mol. The predicted octanol–water partition coefficient (Wildman–Crippen LogP) is 5.24. The number of amidine groups is 1. The summed E-state index contributed by atoms with van der Waals surface area (Å²) in [6, 6.07) is 27.4. The first-order valence-corrected chi connectivity index (χ1v) is 12.5. The van der Waals surface area contributed by atoms with Crippen LogP contribution in [0.5, 0.6) is 0 Å². The Labute approximate surface area is 208 Å². The van der Waals surface area contributed by atoms with Crippen molar-refractivity contribution in [1.29, 1.82) is 0 Å². The van der Waals surface area contributed by atoms with Gasteiger partial charge in [0, 0.05) is 35.8 Å². The fourth-order valence-electron chi connectivity index (χ4n) is 4.18. The number of hydrogen-bond donors (Lipinski definition) is 2. The molecule has 0 spiro atoms. The Kier molecular flexibility index (Phi) is 6.95. The van der Waals surface area contributed by atoms with Gasteiger partial charge in [-0.05, 0) is 35.7 Å². The van der Waals surface area contributed by atoms with Gasteiger partial charge in [-0.15, -0.1) is 0 Å². The standard InChI is InChI=1S/C28H26N4O2S/c33-26(31-22-11-5-2-6-12-22)17-25-27(34)32(28(35-25)30-18-20-9-3-1-4-10-20)16-15-21-19-29-24-14-8-7-13-23(21)24/h1-14,19,25,29H,15-18H2,(H,31,33)/t25-/m0/s1. The number of para-hydroxylation sites is 2. The number of aromatic nitrogens is 1. The van der Waals surface area contributed by atoms with E-state index in [1.807, 2.05) is 85.1 Å². The smallest absolute Gasteiger partial charge is 0.242 e. The highest BCUT2D eigenvalue weighted by Gasteiger charge is 2.38. The van der Waals surface area contributed by atoms with Crippen LogP contribution in [0.1, 0.15) is 17.5 Å². The zero-order valence-electron chi connectivity index (χ0n) is 19.2. The zero-order chi connectivity index (χ0) is 24.0. The van der Waals surface area contributed by atoms with Crippen molar-refractivity contribution in [2.24, 2.45) is 4.99 Å². The third-order valence-corrected chi connectivity index (χ3v) is 7.18. The van der Waals surface area contributed by atoms with E-state index in [1.165, 1.54) is 11.8 Å². The molecule has 6 nitrogen and oxygen atoms in total. The molecule has 5 rings (SSSR count). The second-order valence-electron chi connectivity index (χ2n) is 8.41. The molecule has 1 aliphatic rings. The van der Waals surface area contributed by atoms with Crippen LogP contribution in [0, 0.1) is 0 Å². The third-order valence-electron chi connectivity index (χ3n) is 5.97. The monoisotopic (exact) mass is 482 g/mol. The molecule has 176 valence electrons. The summed E-state index contributed by atoms with van der Waals surface area (Å²) >= 11 is 1.38. The number of carbonyl (C=O) groups excluding carboxylic acids is 2. The van der Waals surface area contributed by atoms with Crippen molar-refractivity contribution in [3.05, 3.63) is 102 Å². The van der Waals surface area contributed by atoms with Gasteiger partial charge in [0.25, 0.3) is 0 Å². The van der Waals surface area contributed by atoms with Crippen LogP contribution in [0.3, 0.4) is 0 Å². The van der Waals surface area contributed by atoms with Crippen LogP contribution in [0.25, 0.3) is 10.9 Å². The molecule has 2 amide bonds. The van der Waals surface area contributed by atoms with E-state index in [1.54, 1.807) is 4.90 Å². The number of nitrogens with one attached hydrogen (secondary N) is 2. The van der Waals surface area contributed by atoms with Gasteiger partial charge in [-0.1, -0.05) is 78.5 Å². The summed E-state index contributed by atoms with van der Waals surface area (Å²) in [5.74, 6) is -0.243. The van der Waals surface area contributed by atoms with E-state index >= 15 is 0 Å². The van der Waals surface area contributed by atoms with Crippen LogP contribution in [-0.4, -0.2) is 38.7 Å². The van der Waals surface area contributed by atoms with Crippen molar-refractivity contribution in [2.45, 2.75) is 24.6 Å². The van der Waals surface area contributed by atoms with E-state index in [0.29, 0.717) is 24.7 Å². The molecule has 1 aliphatic heterocycles. The second kappa shape index (κ2) is 10.6. The minimum absolute atomic E-state index is 0.0649. The number of aromatic amines is 1. The lowest BCUT2D eigenvalue weighted by molar-refractivity contribution is -0.128. The van der Waals surface area contributed by atoms with Crippen LogP contribution in [-0.2, 0) is 22.6 Å². The highest BCUT2D eigenvalue weighted by atomic mass is 32.2. The fourth-order valence-corrected chi connectivity index (χ4v) is 5.35. The van der Waals surface area contributed by atoms with Gasteiger partial charge in [0.15, 0.2) is 5.17 Å². The second-order valence-corrected chi connectivity index (χ2v) is 9.58. The first kappa shape index (κ1) is 22.9. The number of benzene rings is 3. The first-order valence-electron chi connectivity index (χ1n) is 11.6. The van der Waals surface area contributed by atoms with Gasteiger partial charge in [-0.2, -0.15) is 0 Å². The summed E-state index contributed by atoms with van der Waals surface area (Å²) in [4.78, 5) is 35.9. The predicted molar refractivity (Wildman–Crippen MR) is 142 cm³/mol. The number of carbonyl (C=O) groups is 2. The number of fused-ring (bicyclic) bond motifs is 1.